The number of likely N-dealkylation sites (tertiary alicyclic amines) is 1. The quantitative estimate of drug-likeness (QED) is 0.749. The van der Waals surface area contributed by atoms with Crippen LogP contribution < -0.4 is 14.8 Å². The summed E-state index contributed by atoms with van der Waals surface area (Å²) in [4.78, 5) is 14.7. The molecule has 2 N–H and O–H groups in total. The Labute approximate surface area is 168 Å². The van der Waals surface area contributed by atoms with Gasteiger partial charge in [-0.05, 0) is 43.9 Å². The molecule has 1 aromatic rings. The summed E-state index contributed by atoms with van der Waals surface area (Å²) < 4.78 is 11.1. The second kappa shape index (κ2) is 9.14. The summed E-state index contributed by atoms with van der Waals surface area (Å²) in [6.07, 6.45) is 5.57. The molecule has 156 valence electrons. The average Bonchev–Trinajstić information content (AvgIpc) is 2.71. The predicted octanol–water partition coefficient (Wildman–Crippen LogP) is 2.90. The number of aliphatic hydroxyl groups is 1. The maximum atomic E-state index is 12.5. The highest BCUT2D eigenvalue weighted by atomic mass is 16.5. The SMILES string of the molecule is CCCNC(=O)CN1CC[C@]2(O)CCCC[C@@H]2[C@@H]1c1cc(OC)ccc1OC. The molecule has 0 bridgehead atoms. The van der Waals surface area contributed by atoms with Crippen LogP contribution in [0.3, 0.4) is 0 Å². The van der Waals surface area contributed by atoms with Gasteiger partial charge in [0.2, 0.25) is 5.91 Å². The predicted molar refractivity (Wildman–Crippen MR) is 109 cm³/mol. The highest BCUT2D eigenvalue weighted by Gasteiger charge is 2.49. The summed E-state index contributed by atoms with van der Waals surface area (Å²) in [6.45, 7) is 3.76. The molecule has 2 aliphatic rings. The van der Waals surface area contributed by atoms with E-state index in [1.807, 2.05) is 25.1 Å². The Morgan fingerprint density at radius 1 is 1.29 bits per heavy atom. The van der Waals surface area contributed by atoms with Crippen LogP contribution in [-0.4, -0.2) is 55.4 Å². The third-order valence-corrected chi connectivity index (χ3v) is 6.35. The molecule has 1 amide bonds. The lowest BCUT2D eigenvalue weighted by atomic mass is 9.66. The van der Waals surface area contributed by atoms with Gasteiger partial charge in [-0.25, -0.2) is 0 Å². The molecule has 1 saturated carbocycles. The number of carbonyl (C=O) groups excluding carboxylic acids is 1. The number of hydrogen-bond acceptors (Lipinski definition) is 5. The van der Waals surface area contributed by atoms with Crippen molar-refractivity contribution in [3.8, 4) is 11.5 Å². The van der Waals surface area contributed by atoms with Crippen molar-refractivity contribution in [3.63, 3.8) is 0 Å². The lowest BCUT2D eigenvalue weighted by Crippen LogP contribution is -2.56. The molecule has 0 spiro atoms. The highest BCUT2D eigenvalue weighted by Crippen LogP contribution is 2.51. The minimum Gasteiger partial charge on any atom is -0.497 e. The smallest absolute Gasteiger partial charge is 0.234 e. The van der Waals surface area contributed by atoms with Gasteiger partial charge >= 0.3 is 0 Å². The first-order valence-electron chi connectivity index (χ1n) is 10.5. The van der Waals surface area contributed by atoms with Crippen LogP contribution in [0.4, 0.5) is 0 Å². The molecule has 0 unspecified atom stereocenters. The molecule has 3 atom stereocenters. The summed E-state index contributed by atoms with van der Waals surface area (Å²) in [5, 5.41) is 14.4. The summed E-state index contributed by atoms with van der Waals surface area (Å²) in [5.41, 5.74) is 0.322. The van der Waals surface area contributed by atoms with E-state index in [0.29, 0.717) is 26.1 Å². The second-order valence-electron chi connectivity index (χ2n) is 8.08. The number of ether oxygens (including phenoxy) is 2. The first-order valence-corrected chi connectivity index (χ1v) is 10.5. The molecular formula is C22H34N2O4. The molecule has 2 fully saturated rings. The molecule has 1 aliphatic carbocycles. The van der Waals surface area contributed by atoms with E-state index in [-0.39, 0.29) is 17.9 Å². The first-order chi connectivity index (χ1) is 13.5. The molecule has 0 aromatic heterocycles. The molecule has 1 heterocycles. The molecule has 1 aliphatic heterocycles. The number of rotatable bonds is 7. The summed E-state index contributed by atoms with van der Waals surface area (Å²) >= 11 is 0. The maximum absolute atomic E-state index is 12.5. The van der Waals surface area contributed by atoms with E-state index in [4.69, 9.17) is 9.47 Å². The van der Waals surface area contributed by atoms with Crippen LogP contribution in [-0.2, 0) is 4.79 Å². The molecule has 6 nitrogen and oxygen atoms in total. The summed E-state index contributed by atoms with van der Waals surface area (Å²) in [7, 11) is 3.32. The number of piperidine rings is 1. The number of methoxy groups -OCH3 is 2. The number of fused-ring (bicyclic) bond motifs is 1. The van der Waals surface area contributed by atoms with Gasteiger partial charge < -0.3 is 19.9 Å². The summed E-state index contributed by atoms with van der Waals surface area (Å²) in [5.74, 6) is 1.65. The number of amides is 1. The van der Waals surface area contributed by atoms with Crippen molar-refractivity contribution >= 4 is 5.91 Å². The largest absolute Gasteiger partial charge is 0.497 e. The van der Waals surface area contributed by atoms with Crippen LogP contribution in [0.5, 0.6) is 11.5 Å². The minimum absolute atomic E-state index is 0.0370. The van der Waals surface area contributed by atoms with Crippen LogP contribution in [0.1, 0.15) is 57.1 Å². The number of hydrogen-bond donors (Lipinski definition) is 2. The van der Waals surface area contributed by atoms with E-state index in [9.17, 15) is 9.90 Å². The third-order valence-electron chi connectivity index (χ3n) is 6.35. The number of benzene rings is 1. The van der Waals surface area contributed by atoms with Crippen molar-refractivity contribution in [2.24, 2.45) is 5.92 Å². The molecular weight excluding hydrogens is 356 g/mol. The molecule has 0 radical (unpaired) electrons. The second-order valence-corrected chi connectivity index (χ2v) is 8.08. The fourth-order valence-corrected chi connectivity index (χ4v) is 4.91. The third kappa shape index (κ3) is 4.28. The van der Waals surface area contributed by atoms with Crippen LogP contribution in [0, 0.1) is 5.92 Å². The summed E-state index contributed by atoms with van der Waals surface area (Å²) in [6, 6.07) is 5.73. The zero-order valence-corrected chi connectivity index (χ0v) is 17.4. The zero-order chi connectivity index (χ0) is 20.1. The van der Waals surface area contributed by atoms with E-state index in [2.05, 4.69) is 10.2 Å². The highest BCUT2D eigenvalue weighted by molar-refractivity contribution is 5.78. The van der Waals surface area contributed by atoms with E-state index < -0.39 is 5.60 Å². The van der Waals surface area contributed by atoms with Gasteiger partial charge in [-0.15, -0.1) is 0 Å². The van der Waals surface area contributed by atoms with Crippen molar-refractivity contribution in [1.29, 1.82) is 0 Å². The Balaban J connectivity index is 1.97. The van der Waals surface area contributed by atoms with E-state index in [0.717, 1.165) is 49.2 Å². The Morgan fingerprint density at radius 2 is 2.11 bits per heavy atom. The number of carbonyl (C=O) groups is 1. The van der Waals surface area contributed by atoms with E-state index >= 15 is 0 Å². The van der Waals surface area contributed by atoms with Crippen molar-refractivity contribution in [3.05, 3.63) is 23.8 Å². The molecule has 28 heavy (non-hydrogen) atoms. The van der Waals surface area contributed by atoms with Gasteiger partial charge in [0.25, 0.3) is 0 Å². The topological polar surface area (TPSA) is 71.0 Å². The van der Waals surface area contributed by atoms with Gasteiger partial charge in [0.15, 0.2) is 0 Å². The van der Waals surface area contributed by atoms with Gasteiger partial charge in [-0.1, -0.05) is 19.8 Å². The van der Waals surface area contributed by atoms with Crippen molar-refractivity contribution < 1.29 is 19.4 Å². The lowest BCUT2D eigenvalue weighted by Gasteiger charge is -2.52. The van der Waals surface area contributed by atoms with Gasteiger partial charge in [0.05, 0.1) is 26.4 Å². The van der Waals surface area contributed by atoms with Crippen molar-refractivity contribution in [2.45, 2.75) is 57.1 Å². The van der Waals surface area contributed by atoms with Crippen LogP contribution in [0.2, 0.25) is 0 Å². The monoisotopic (exact) mass is 390 g/mol. The average molecular weight is 391 g/mol. The first kappa shape index (κ1) is 20.9. The Bertz CT molecular complexity index is 681. The van der Waals surface area contributed by atoms with Crippen LogP contribution in [0.25, 0.3) is 0 Å². The van der Waals surface area contributed by atoms with Crippen molar-refractivity contribution in [1.82, 2.24) is 10.2 Å². The van der Waals surface area contributed by atoms with E-state index in [1.165, 1.54) is 0 Å². The van der Waals surface area contributed by atoms with Crippen LogP contribution >= 0.6 is 0 Å². The van der Waals surface area contributed by atoms with Gasteiger partial charge in [-0.3, -0.25) is 9.69 Å². The Morgan fingerprint density at radius 3 is 2.82 bits per heavy atom. The van der Waals surface area contributed by atoms with Crippen molar-refractivity contribution in [2.75, 3.05) is 33.9 Å². The molecule has 3 rings (SSSR count). The van der Waals surface area contributed by atoms with Gasteiger partial charge in [0.1, 0.15) is 11.5 Å². The molecule has 1 aromatic carbocycles. The van der Waals surface area contributed by atoms with E-state index in [1.54, 1.807) is 14.2 Å². The lowest BCUT2D eigenvalue weighted by molar-refractivity contribution is -0.138. The molecule has 1 saturated heterocycles. The van der Waals surface area contributed by atoms with Gasteiger partial charge in [0, 0.05) is 30.6 Å². The normalized spacial score (nSPS) is 27.7. The number of nitrogens with one attached hydrogen (secondary N) is 1. The fourth-order valence-electron chi connectivity index (χ4n) is 4.91. The standard InChI is InChI=1S/C22H34N2O4/c1-4-12-23-20(25)15-24-13-11-22(26)10-6-5-7-18(22)21(24)17-14-16(27-2)8-9-19(17)28-3/h8-9,14,18,21,26H,4-7,10-13,15H2,1-3H3,(H,23,25)/t18-,21+,22-/m1/s1. The Hall–Kier alpha value is -1.79. The maximum Gasteiger partial charge on any atom is 0.234 e. The minimum atomic E-state index is -0.673. The zero-order valence-electron chi connectivity index (χ0n) is 17.4. The Kier molecular flexibility index (Phi) is 6.83. The number of nitrogens with zero attached hydrogens (tertiary/aromatic N) is 1. The van der Waals surface area contributed by atoms with Gasteiger partial charge in [-0.2, -0.15) is 0 Å². The van der Waals surface area contributed by atoms with Crippen LogP contribution in [0.15, 0.2) is 18.2 Å². The molecule has 6 heteroatoms. The fraction of sp³-hybridized carbons (Fsp3) is 0.682.